The molecule has 14 heavy (non-hydrogen) atoms. The highest BCUT2D eigenvalue weighted by Gasteiger charge is 2.22. The van der Waals surface area contributed by atoms with Crippen molar-refractivity contribution in [3.63, 3.8) is 0 Å². The molecule has 74 valence electrons. The summed E-state index contributed by atoms with van der Waals surface area (Å²) >= 11 is 1.49. The third-order valence-electron chi connectivity index (χ3n) is 1.85. The van der Waals surface area contributed by atoms with Crippen LogP contribution in [0.2, 0.25) is 0 Å². The van der Waals surface area contributed by atoms with Gasteiger partial charge in [0.1, 0.15) is 6.10 Å². The van der Waals surface area contributed by atoms with Crippen LogP contribution in [0.25, 0.3) is 0 Å². The number of rotatable bonds is 3. The minimum atomic E-state index is -0.899. The van der Waals surface area contributed by atoms with Crippen LogP contribution in [-0.2, 0) is 0 Å². The molecule has 0 saturated heterocycles. The Morgan fingerprint density at radius 2 is 2.43 bits per heavy atom. The predicted molar refractivity (Wildman–Crippen MR) is 50.4 cm³/mol. The minimum absolute atomic E-state index is 0.283. The van der Waals surface area contributed by atoms with E-state index in [0.717, 1.165) is 4.88 Å². The topological polar surface area (TPSA) is 101 Å². The Hall–Kier alpha value is -1.31. The number of nitrogens with two attached hydrogens (primary N) is 1. The summed E-state index contributed by atoms with van der Waals surface area (Å²) in [6.07, 6.45) is -0.899. The summed E-state index contributed by atoms with van der Waals surface area (Å²) in [5, 5.41) is 24.5. The number of nitrogens with zero attached hydrogens (tertiary/aromatic N) is 3. The van der Waals surface area contributed by atoms with Crippen molar-refractivity contribution in [1.29, 1.82) is 0 Å². The number of tetrazole rings is 1. The number of aliphatic hydroxyl groups is 1. The number of hydrogen-bond acceptors (Lipinski definition) is 6. The van der Waals surface area contributed by atoms with E-state index in [0.29, 0.717) is 0 Å². The van der Waals surface area contributed by atoms with Crippen LogP contribution < -0.4 is 5.73 Å². The van der Waals surface area contributed by atoms with Gasteiger partial charge in [0.25, 0.3) is 0 Å². The molecule has 2 heterocycles. The van der Waals surface area contributed by atoms with E-state index in [2.05, 4.69) is 20.6 Å². The molecule has 0 aromatic carbocycles. The lowest BCUT2D eigenvalue weighted by Gasteiger charge is -2.13. The lowest BCUT2D eigenvalue weighted by Crippen LogP contribution is -2.19. The van der Waals surface area contributed by atoms with Crippen LogP contribution in [0.4, 0.5) is 0 Å². The summed E-state index contributed by atoms with van der Waals surface area (Å²) < 4.78 is 0. The Bertz CT molecular complexity index is 334. The van der Waals surface area contributed by atoms with Gasteiger partial charge in [0.15, 0.2) is 5.82 Å². The number of aromatic amines is 1. The van der Waals surface area contributed by atoms with Gasteiger partial charge >= 0.3 is 0 Å². The van der Waals surface area contributed by atoms with E-state index in [-0.39, 0.29) is 5.82 Å². The van der Waals surface area contributed by atoms with Crippen LogP contribution >= 0.6 is 11.3 Å². The third kappa shape index (κ3) is 1.65. The van der Waals surface area contributed by atoms with E-state index in [1.807, 2.05) is 17.5 Å². The maximum atomic E-state index is 9.76. The molecule has 4 N–H and O–H groups in total. The van der Waals surface area contributed by atoms with Crippen LogP contribution in [0.15, 0.2) is 17.5 Å². The number of aliphatic hydroxyl groups excluding tert-OH is 1. The molecule has 2 atom stereocenters. The van der Waals surface area contributed by atoms with E-state index in [4.69, 9.17) is 5.73 Å². The average Bonchev–Trinajstić information content (AvgIpc) is 2.87. The van der Waals surface area contributed by atoms with Crippen LogP contribution in [-0.4, -0.2) is 25.7 Å². The lowest BCUT2D eigenvalue weighted by molar-refractivity contribution is 0.139. The average molecular weight is 211 g/mol. The fourth-order valence-corrected chi connectivity index (χ4v) is 1.86. The van der Waals surface area contributed by atoms with Crippen molar-refractivity contribution in [2.24, 2.45) is 5.73 Å². The van der Waals surface area contributed by atoms with Crippen LogP contribution in [0, 0.1) is 0 Å². The molecule has 0 saturated carbocycles. The second-order valence-corrected chi connectivity index (χ2v) is 3.75. The summed E-state index contributed by atoms with van der Waals surface area (Å²) in [6.45, 7) is 0. The van der Waals surface area contributed by atoms with Crippen molar-refractivity contribution in [3.8, 4) is 0 Å². The van der Waals surface area contributed by atoms with Gasteiger partial charge in [0.05, 0.1) is 6.04 Å². The van der Waals surface area contributed by atoms with Gasteiger partial charge in [0.2, 0.25) is 0 Å². The Balaban J connectivity index is 2.16. The van der Waals surface area contributed by atoms with Gasteiger partial charge in [-0.15, -0.1) is 16.4 Å². The quantitative estimate of drug-likeness (QED) is 0.663. The third-order valence-corrected chi connectivity index (χ3v) is 2.83. The zero-order chi connectivity index (χ0) is 9.97. The van der Waals surface area contributed by atoms with Crippen molar-refractivity contribution in [3.05, 3.63) is 28.2 Å². The number of thiophene rings is 1. The van der Waals surface area contributed by atoms with Crippen molar-refractivity contribution >= 4 is 11.3 Å². The largest absolute Gasteiger partial charge is 0.383 e. The Labute approximate surface area is 83.8 Å². The molecular formula is C7H9N5OS. The Morgan fingerprint density at radius 1 is 1.57 bits per heavy atom. The van der Waals surface area contributed by atoms with Crippen LogP contribution in [0.5, 0.6) is 0 Å². The van der Waals surface area contributed by atoms with Gasteiger partial charge in [-0.05, 0) is 21.9 Å². The molecule has 2 rings (SSSR count). The van der Waals surface area contributed by atoms with Crippen molar-refractivity contribution in [2.45, 2.75) is 12.1 Å². The molecule has 2 aromatic rings. The van der Waals surface area contributed by atoms with Gasteiger partial charge in [-0.25, -0.2) is 5.10 Å². The van der Waals surface area contributed by atoms with Crippen LogP contribution in [0.1, 0.15) is 22.8 Å². The summed E-state index contributed by atoms with van der Waals surface area (Å²) in [4.78, 5) is 0.897. The zero-order valence-electron chi connectivity index (χ0n) is 7.16. The van der Waals surface area contributed by atoms with E-state index >= 15 is 0 Å². The molecule has 0 spiro atoms. The first-order valence-electron chi connectivity index (χ1n) is 3.99. The molecule has 0 aliphatic rings. The first-order valence-corrected chi connectivity index (χ1v) is 4.87. The lowest BCUT2D eigenvalue weighted by atomic mass is 10.1. The number of nitrogens with one attached hydrogen (secondary N) is 1. The van der Waals surface area contributed by atoms with Gasteiger partial charge in [0, 0.05) is 4.88 Å². The fraction of sp³-hybridized carbons (Fsp3) is 0.286. The Kier molecular flexibility index (Phi) is 2.53. The van der Waals surface area contributed by atoms with Gasteiger partial charge in [-0.2, -0.15) is 0 Å². The molecule has 0 bridgehead atoms. The second kappa shape index (κ2) is 3.82. The monoisotopic (exact) mass is 211 g/mol. The minimum Gasteiger partial charge on any atom is -0.383 e. The highest BCUT2D eigenvalue weighted by Crippen LogP contribution is 2.26. The molecule has 0 aliphatic carbocycles. The van der Waals surface area contributed by atoms with Crippen molar-refractivity contribution in [2.75, 3.05) is 0 Å². The highest BCUT2D eigenvalue weighted by molar-refractivity contribution is 7.10. The fourth-order valence-electron chi connectivity index (χ4n) is 1.10. The Morgan fingerprint density at radius 3 is 3.00 bits per heavy atom. The SMILES string of the molecule is NC(c1cccs1)C(O)c1nnn[nH]1. The number of H-pyrrole nitrogens is 1. The maximum Gasteiger partial charge on any atom is 0.179 e. The normalized spacial score (nSPS) is 15.3. The molecule has 7 heteroatoms. The van der Waals surface area contributed by atoms with Gasteiger partial charge in [-0.3, -0.25) is 0 Å². The number of aromatic nitrogens is 4. The summed E-state index contributed by atoms with van der Waals surface area (Å²) in [7, 11) is 0. The molecule has 0 amide bonds. The van der Waals surface area contributed by atoms with Crippen molar-refractivity contribution in [1.82, 2.24) is 20.6 Å². The van der Waals surface area contributed by atoms with Crippen molar-refractivity contribution < 1.29 is 5.11 Å². The molecule has 2 aromatic heterocycles. The van der Waals surface area contributed by atoms with Crippen LogP contribution in [0.3, 0.4) is 0 Å². The summed E-state index contributed by atoms with van der Waals surface area (Å²) in [5.41, 5.74) is 5.82. The van der Waals surface area contributed by atoms with E-state index < -0.39 is 12.1 Å². The molecule has 6 nitrogen and oxygen atoms in total. The number of hydrogen-bond donors (Lipinski definition) is 3. The first-order chi connectivity index (χ1) is 6.79. The molecule has 0 fully saturated rings. The standard InChI is InChI=1S/C7H9N5OS/c8-5(4-2-1-3-14-4)6(13)7-9-11-12-10-7/h1-3,5-6,13H,8H2,(H,9,10,11,12). The molecule has 0 aliphatic heterocycles. The summed E-state index contributed by atoms with van der Waals surface area (Å²) in [6, 6.07) is 3.25. The second-order valence-electron chi connectivity index (χ2n) is 2.77. The van der Waals surface area contributed by atoms with E-state index in [1.54, 1.807) is 0 Å². The molecular weight excluding hydrogens is 202 g/mol. The molecule has 2 unspecified atom stereocenters. The van der Waals surface area contributed by atoms with E-state index in [1.165, 1.54) is 11.3 Å². The summed E-state index contributed by atoms with van der Waals surface area (Å²) in [5.74, 6) is 0.283. The maximum absolute atomic E-state index is 9.76. The smallest absolute Gasteiger partial charge is 0.179 e. The predicted octanol–water partition coefficient (Wildman–Crippen LogP) is -0.00540. The van der Waals surface area contributed by atoms with Gasteiger partial charge < -0.3 is 10.8 Å². The van der Waals surface area contributed by atoms with Gasteiger partial charge in [-0.1, -0.05) is 6.07 Å². The van der Waals surface area contributed by atoms with E-state index in [9.17, 15) is 5.11 Å². The zero-order valence-corrected chi connectivity index (χ0v) is 7.98. The first kappa shape index (κ1) is 9.25. The molecule has 0 radical (unpaired) electrons. The highest BCUT2D eigenvalue weighted by atomic mass is 32.1.